The maximum atomic E-state index is 5.89. The van der Waals surface area contributed by atoms with Gasteiger partial charge in [0.2, 0.25) is 0 Å². The molecule has 0 heterocycles. The molecule has 0 amide bonds. The SMILES string of the molecule is COCCc1ccc(OCc2ccc(Cl)cc2N)cc1. The number of methoxy groups -OCH3 is 1. The fourth-order valence-corrected chi connectivity index (χ4v) is 2.01. The average Bonchev–Trinajstić information content (AvgIpc) is 2.45. The van der Waals surface area contributed by atoms with Crippen LogP contribution in [0, 0.1) is 0 Å². The second kappa shape index (κ2) is 7.17. The first-order valence-electron chi connectivity index (χ1n) is 6.43. The van der Waals surface area contributed by atoms with Crippen molar-refractivity contribution < 1.29 is 9.47 Å². The third-order valence-electron chi connectivity index (χ3n) is 3.02. The zero-order valence-corrected chi connectivity index (χ0v) is 12.2. The Balaban J connectivity index is 1.93. The number of ether oxygens (including phenoxy) is 2. The van der Waals surface area contributed by atoms with Crippen LogP contribution in [-0.2, 0) is 17.8 Å². The summed E-state index contributed by atoms with van der Waals surface area (Å²) in [5.74, 6) is 0.820. The van der Waals surface area contributed by atoms with Gasteiger partial charge in [0.05, 0.1) is 6.61 Å². The summed E-state index contributed by atoms with van der Waals surface area (Å²) < 4.78 is 10.8. The van der Waals surface area contributed by atoms with Crippen LogP contribution in [0.3, 0.4) is 0 Å². The van der Waals surface area contributed by atoms with Crippen molar-refractivity contribution in [2.75, 3.05) is 19.5 Å². The Kier molecular flexibility index (Phi) is 5.27. The van der Waals surface area contributed by atoms with Crippen LogP contribution in [0.15, 0.2) is 42.5 Å². The molecule has 0 radical (unpaired) electrons. The zero-order chi connectivity index (χ0) is 14.4. The van der Waals surface area contributed by atoms with E-state index in [1.54, 1.807) is 13.2 Å². The summed E-state index contributed by atoms with van der Waals surface area (Å²) in [6, 6.07) is 13.4. The quantitative estimate of drug-likeness (QED) is 0.826. The largest absolute Gasteiger partial charge is 0.489 e. The lowest BCUT2D eigenvalue weighted by molar-refractivity contribution is 0.202. The van der Waals surface area contributed by atoms with Crippen LogP contribution in [0.4, 0.5) is 5.69 Å². The predicted octanol–water partition coefficient (Wildman–Crippen LogP) is 3.69. The molecule has 2 aromatic carbocycles. The van der Waals surface area contributed by atoms with E-state index in [-0.39, 0.29) is 0 Å². The predicted molar refractivity (Wildman–Crippen MR) is 82.2 cm³/mol. The lowest BCUT2D eigenvalue weighted by Gasteiger charge is -2.09. The highest BCUT2D eigenvalue weighted by Gasteiger charge is 2.02. The van der Waals surface area contributed by atoms with Gasteiger partial charge in [-0.15, -0.1) is 0 Å². The number of benzene rings is 2. The molecule has 20 heavy (non-hydrogen) atoms. The summed E-state index contributed by atoms with van der Waals surface area (Å²) in [6.45, 7) is 1.15. The molecule has 0 aliphatic carbocycles. The van der Waals surface area contributed by atoms with E-state index in [0.29, 0.717) is 17.3 Å². The molecule has 0 fully saturated rings. The monoisotopic (exact) mass is 291 g/mol. The van der Waals surface area contributed by atoms with Crippen LogP contribution < -0.4 is 10.5 Å². The second-order valence-corrected chi connectivity index (χ2v) is 4.95. The van der Waals surface area contributed by atoms with Gasteiger partial charge < -0.3 is 15.2 Å². The van der Waals surface area contributed by atoms with Crippen molar-refractivity contribution in [2.24, 2.45) is 0 Å². The van der Waals surface area contributed by atoms with Crippen LogP contribution in [0.25, 0.3) is 0 Å². The van der Waals surface area contributed by atoms with Crippen LogP contribution in [-0.4, -0.2) is 13.7 Å². The molecule has 0 unspecified atom stereocenters. The standard InChI is InChI=1S/C16H18ClNO2/c1-19-9-8-12-2-6-15(7-3-12)20-11-13-4-5-14(17)10-16(13)18/h2-7,10H,8-9,11,18H2,1H3. The fourth-order valence-electron chi connectivity index (χ4n) is 1.83. The third-order valence-corrected chi connectivity index (χ3v) is 3.26. The summed E-state index contributed by atoms with van der Waals surface area (Å²) in [5.41, 5.74) is 8.69. The maximum Gasteiger partial charge on any atom is 0.119 e. The molecule has 3 nitrogen and oxygen atoms in total. The Bertz CT molecular complexity index is 555. The van der Waals surface area contributed by atoms with Crippen LogP contribution >= 0.6 is 11.6 Å². The molecule has 0 saturated heterocycles. The Morgan fingerprint density at radius 2 is 1.85 bits per heavy atom. The smallest absolute Gasteiger partial charge is 0.119 e. The molecule has 2 rings (SSSR count). The van der Waals surface area contributed by atoms with Crippen molar-refractivity contribution in [3.8, 4) is 5.75 Å². The minimum absolute atomic E-state index is 0.431. The molecule has 2 N–H and O–H groups in total. The number of nitrogens with two attached hydrogens (primary N) is 1. The van der Waals surface area contributed by atoms with Gasteiger partial charge in [0.25, 0.3) is 0 Å². The summed E-state index contributed by atoms with van der Waals surface area (Å²) in [5, 5.41) is 0.633. The lowest BCUT2D eigenvalue weighted by Crippen LogP contribution is -2.00. The second-order valence-electron chi connectivity index (χ2n) is 4.52. The van der Waals surface area contributed by atoms with E-state index in [2.05, 4.69) is 0 Å². The first kappa shape index (κ1) is 14.7. The lowest BCUT2D eigenvalue weighted by atomic mass is 10.1. The molecule has 0 bridgehead atoms. The van der Waals surface area contributed by atoms with Gasteiger partial charge in [-0.1, -0.05) is 29.8 Å². The number of anilines is 1. The van der Waals surface area contributed by atoms with E-state index in [0.717, 1.165) is 24.3 Å². The van der Waals surface area contributed by atoms with Crippen molar-refractivity contribution in [2.45, 2.75) is 13.0 Å². The first-order valence-corrected chi connectivity index (χ1v) is 6.81. The minimum Gasteiger partial charge on any atom is -0.489 e. The van der Waals surface area contributed by atoms with Crippen molar-refractivity contribution in [3.05, 3.63) is 58.6 Å². The highest BCUT2D eigenvalue weighted by atomic mass is 35.5. The highest BCUT2D eigenvalue weighted by Crippen LogP contribution is 2.20. The van der Waals surface area contributed by atoms with Crippen molar-refractivity contribution >= 4 is 17.3 Å². The Morgan fingerprint density at radius 3 is 2.50 bits per heavy atom. The zero-order valence-electron chi connectivity index (χ0n) is 11.4. The number of nitrogen functional groups attached to an aromatic ring is 1. The van der Waals surface area contributed by atoms with Gasteiger partial charge in [-0.25, -0.2) is 0 Å². The first-order chi connectivity index (χ1) is 9.69. The molecule has 0 saturated carbocycles. The van der Waals surface area contributed by atoms with Crippen LogP contribution in [0.2, 0.25) is 5.02 Å². The number of rotatable bonds is 6. The molecule has 106 valence electrons. The molecular formula is C16H18ClNO2. The summed E-state index contributed by atoms with van der Waals surface area (Å²) in [7, 11) is 1.70. The van der Waals surface area contributed by atoms with Crippen molar-refractivity contribution in [3.63, 3.8) is 0 Å². The molecule has 0 aliphatic rings. The molecule has 2 aromatic rings. The number of halogens is 1. The Hall–Kier alpha value is -1.71. The van der Waals surface area contributed by atoms with Crippen molar-refractivity contribution in [1.82, 2.24) is 0 Å². The van der Waals surface area contributed by atoms with E-state index in [4.69, 9.17) is 26.8 Å². The molecular weight excluding hydrogens is 274 g/mol. The van der Waals surface area contributed by atoms with Gasteiger partial charge >= 0.3 is 0 Å². The van der Waals surface area contributed by atoms with Gasteiger partial charge in [0.15, 0.2) is 0 Å². The van der Waals surface area contributed by atoms with Gasteiger partial charge in [-0.2, -0.15) is 0 Å². The Morgan fingerprint density at radius 1 is 1.10 bits per heavy atom. The van der Waals surface area contributed by atoms with E-state index < -0.39 is 0 Å². The maximum absolute atomic E-state index is 5.89. The van der Waals surface area contributed by atoms with Gasteiger partial charge in [-0.05, 0) is 36.2 Å². The van der Waals surface area contributed by atoms with Crippen molar-refractivity contribution in [1.29, 1.82) is 0 Å². The normalized spacial score (nSPS) is 10.5. The minimum atomic E-state index is 0.431. The number of hydrogen-bond donors (Lipinski definition) is 1. The highest BCUT2D eigenvalue weighted by molar-refractivity contribution is 6.30. The molecule has 0 aliphatic heterocycles. The van der Waals surface area contributed by atoms with Gasteiger partial charge in [-0.3, -0.25) is 0 Å². The topological polar surface area (TPSA) is 44.5 Å². The summed E-state index contributed by atoms with van der Waals surface area (Å²) >= 11 is 5.86. The van der Waals surface area contributed by atoms with Crippen LogP contribution in [0.5, 0.6) is 5.75 Å². The Labute approximate surface area is 124 Å². The molecule has 0 atom stereocenters. The van der Waals surface area contributed by atoms with E-state index in [1.165, 1.54) is 5.56 Å². The van der Waals surface area contributed by atoms with E-state index in [1.807, 2.05) is 36.4 Å². The summed E-state index contributed by atoms with van der Waals surface area (Å²) in [6.07, 6.45) is 0.904. The molecule has 4 heteroatoms. The average molecular weight is 292 g/mol. The van der Waals surface area contributed by atoms with Gasteiger partial charge in [0.1, 0.15) is 12.4 Å². The van der Waals surface area contributed by atoms with E-state index in [9.17, 15) is 0 Å². The number of hydrogen-bond acceptors (Lipinski definition) is 3. The van der Waals surface area contributed by atoms with E-state index >= 15 is 0 Å². The molecule has 0 spiro atoms. The fraction of sp³-hybridized carbons (Fsp3) is 0.250. The third kappa shape index (κ3) is 4.15. The van der Waals surface area contributed by atoms with Crippen LogP contribution in [0.1, 0.15) is 11.1 Å². The molecule has 0 aromatic heterocycles. The summed E-state index contributed by atoms with van der Waals surface area (Å²) in [4.78, 5) is 0. The van der Waals surface area contributed by atoms with Gasteiger partial charge in [0, 0.05) is 23.4 Å².